The van der Waals surface area contributed by atoms with Gasteiger partial charge >= 0.3 is 0 Å². The van der Waals surface area contributed by atoms with Gasteiger partial charge in [-0.3, -0.25) is 4.79 Å². The molecule has 2 heterocycles. The second-order valence-electron chi connectivity index (χ2n) is 7.47. The summed E-state index contributed by atoms with van der Waals surface area (Å²) >= 11 is 0. The number of anilines is 1. The first-order valence-corrected chi connectivity index (χ1v) is 9.70. The molecule has 2 aromatic carbocycles. The van der Waals surface area contributed by atoms with Crippen LogP contribution in [0.4, 0.5) is 5.69 Å². The number of nitrogens with one attached hydrogen (secondary N) is 2. The van der Waals surface area contributed by atoms with E-state index in [1.807, 2.05) is 39.3 Å². The van der Waals surface area contributed by atoms with Gasteiger partial charge in [-0.2, -0.15) is 0 Å². The van der Waals surface area contributed by atoms with E-state index in [9.17, 15) is 4.79 Å². The highest BCUT2D eigenvalue weighted by Gasteiger charge is 2.21. The number of aromatic amines is 1. The van der Waals surface area contributed by atoms with Crippen molar-refractivity contribution in [3.8, 4) is 0 Å². The molecule has 0 aliphatic heterocycles. The molecule has 4 rings (SSSR count). The lowest BCUT2D eigenvalue weighted by molar-refractivity contribution is 0.0924. The molecule has 1 atom stereocenters. The number of carbonyl (C=O) groups excluding carboxylic acids is 1. The van der Waals surface area contributed by atoms with Crippen molar-refractivity contribution in [1.29, 1.82) is 0 Å². The largest absolute Gasteiger partial charge is 0.459 e. The van der Waals surface area contributed by atoms with E-state index in [2.05, 4.69) is 51.6 Å². The number of aromatic nitrogens is 1. The van der Waals surface area contributed by atoms with Gasteiger partial charge < -0.3 is 19.6 Å². The van der Waals surface area contributed by atoms with Gasteiger partial charge in [0.1, 0.15) is 0 Å². The van der Waals surface area contributed by atoms with Crippen molar-refractivity contribution in [3.05, 3.63) is 89.5 Å². The van der Waals surface area contributed by atoms with Crippen LogP contribution in [0.2, 0.25) is 0 Å². The lowest BCUT2D eigenvalue weighted by Gasteiger charge is -2.20. The average Bonchev–Trinajstić information content (AvgIpc) is 3.35. The second-order valence-corrected chi connectivity index (χ2v) is 7.47. The van der Waals surface area contributed by atoms with E-state index in [-0.39, 0.29) is 11.8 Å². The third-order valence-corrected chi connectivity index (χ3v) is 5.34. The lowest BCUT2D eigenvalue weighted by Crippen LogP contribution is -2.29. The molecule has 4 aromatic rings. The van der Waals surface area contributed by atoms with Crippen LogP contribution in [-0.2, 0) is 0 Å². The predicted molar refractivity (Wildman–Crippen MR) is 117 cm³/mol. The standard InChI is InChI=1S/C24H25N3O2/c1-16-12-13-29-23(16)24(28)26-14-20(17-8-10-18(11-9-17)27(2)3)21-15-25-22-7-5-4-6-19(21)22/h4-13,15,20,25H,14H2,1-3H3,(H,26,28)/t20-/m1/s1. The maximum absolute atomic E-state index is 12.6. The zero-order valence-corrected chi connectivity index (χ0v) is 16.9. The van der Waals surface area contributed by atoms with Crippen molar-refractivity contribution in [3.63, 3.8) is 0 Å². The normalized spacial score (nSPS) is 12.1. The molecule has 0 saturated carbocycles. The topological polar surface area (TPSA) is 61.3 Å². The van der Waals surface area contributed by atoms with Crippen molar-refractivity contribution < 1.29 is 9.21 Å². The Morgan fingerprint density at radius 2 is 1.86 bits per heavy atom. The van der Waals surface area contributed by atoms with Crippen LogP contribution in [0.1, 0.15) is 33.2 Å². The fourth-order valence-electron chi connectivity index (χ4n) is 3.67. The average molecular weight is 387 g/mol. The van der Waals surface area contributed by atoms with Gasteiger partial charge in [0.25, 0.3) is 5.91 Å². The number of H-pyrrole nitrogens is 1. The molecule has 2 aromatic heterocycles. The highest BCUT2D eigenvalue weighted by molar-refractivity contribution is 5.93. The number of aryl methyl sites for hydroxylation is 1. The molecule has 0 saturated heterocycles. The first kappa shape index (κ1) is 18.9. The fourth-order valence-corrected chi connectivity index (χ4v) is 3.67. The smallest absolute Gasteiger partial charge is 0.287 e. The summed E-state index contributed by atoms with van der Waals surface area (Å²) in [5.41, 5.74) is 5.38. The monoisotopic (exact) mass is 387 g/mol. The number of carbonyl (C=O) groups is 1. The molecule has 148 valence electrons. The Morgan fingerprint density at radius 3 is 2.55 bits per heavy atom. The van der Waals surface area contributed by atoms with Crippen molar-refractivity contribution in [2.45, 2.75) is 12.8 Å². The Balaban J connectivity index is 1.67. The summed E-state index contributed by atoms with van der Waals surface area (Å²) in [6.07, 6.45) is 3.58. The third-order valence-electron chi connectivity index (χ3n) is 5.34. The number of amides is 1. The Hall–Kier alpha value is -3.47. The molecule has 0 aliphatic rings. The Morgan fingerprint density at radius 1 is 1.10 bits per heavy atom. The molecule has 2 N–H and O–H groups in total. The van der Waals surface area contributed by atoms with Crippen LogP contribution in [0.25, 0.3) is 10.9 Å². The first-order chi connectivity index (χ1) is 14.0. The number of fused-ring (bicyclic) bond motifs is 1. The van der Waals surface area contributed by atoms with Crippen LogP contribution in [0.15, 0.2) is 71.5 Å². The summed E-state index contributed by atoms with van der Waals surface area (Å²) in [5, 5.41) is 4.22. The summed E-state index contributed by atoms with van der Waals surface area (Å²) in [6.45, 7) is 2.34. The van der Waals surface area contributed by atoms with E-state index < -0.39 is 0 Å². The summed E-state index contributed by atoms with van der Waals surface area (Å²) in [6, 6.07) is 18.5. The quantitative estimate of drug-likeness (QED) is 0.504. The first-order valence-electron chi connectivity index (χ1n) is 9.70. The van der Waals surface area contributed by atoms with E-state index >= 15 is 0 Å². The zero-order valence-electron chi connectivity index (χ0n) is 16.9. The van der Waals surface area contributed by atoms with Gasteiger partial charge in [0.05, 0.1) is 6.26 Å². The fraction of sp³-hybridized carbons (Fsp3) is 0.208. The Labute approximate surface area is 170 Å². The molecule has 0 fully saturated rings. The second kappa shape index (κ2) is 7.87. The maximum atomic E-state index is 12.6. The molecule has 5 heteroatoms. The van der Waals surface area contributed by atoms with Crippen LogP contribution in [-0.4, -0.2) is 31.5 Å². The lowest BCUT2D eigenvalue weighted by atomic mass is 9.90. The van der Waals surface area contributed by atoms with Crippen LogP contribution < -0.4 is 10.2 Å². The molecule has 1 amide bonds. The summed E-state index contributed by atoms with van der Waals surface area (Å²) in [7, 11) is 4.05. The molecular weight excluding hydrogens is 362 g/mol. The number of furan rings is 1. The molecule has 29 heavy (non-hydrogen) atoms. The maximum Gasteiger partial charge on any atom is 0.287 e. The Bertz CT molecular complexity index is 1120. The number of hydrogen-bond donors (Lipinski definition) is 2. The summed E-state index contributed by atoms with van der Waals surface area (Å²) < 4.78 is 5.34. The summed E-state index contributed by atoms with van der Waals surface area (Å²) in [5.74, 6) is 0.189. The number of hydrogen-bond acceptors (Lipinski definition) is 3. The van der Waals surface area contributed by atoms with E-state index in [4.69, 9.17) is 4.42 Å². The Kier molecular flexibility index (Phi) is 5.12. The SMILES string of the molecule is Cc1ccoc1C(=O)NC[C@H](c1ccc(N(C)C)cc1)c1c[nH]c2ccccc12. The van der Waals surface area contributed by atoms with Gasteiger partial charge in [-0.1, -0.05) is 30.3 Å². The van der Waals surface area contributed by atoms with E-state index in [1.165, 1.54) is 0 Å². The van der Waals surface area contributed by atoms with Crippen molar-refractivity contribution in [2.24, 2.45) is 0 Å². The minimum absolute atomic E-state index is 0.0154. The van der Waals surface area contributed by atoms with Crippen LogP contribution in [0.3, 0.4) is 0 Å². The minimum atomic E-state index is -0.192. The summed E-state index contributed by atoms with van der Waals surface area (Å²) in [4.78, 5) is 18.0. The molecular formula is C24H25N3O2. The van der Waals surface area contributed by atoms with Gasteiger partial charge in [-0.05, 0) is 42.3 Å². The number of nitrogens with zero attached hydrogens (tertiary/aromatic N) is 1. The van der Waals surface area contributed by atoms with Gasteiger partial charge in [0.2, 0.25) is 0 Å². The highest BCUT2D eigenvalue weighted by Crippen LogP contribution is 2.31. The van der Waals surface area contributed by atoms with Gasteiger partial charge in [-0.15, -0.1) is 0 Å². The zero-order chi connectivity index (χ0) is 20.4. The molecule has 0 spiro atoms. The van der Waals surface area contributed by atoms with Crippen LogP contribution in [0, 0.1) is 6.92 Å². The van der Waals surface area contributed by atoms with Gasteiger partial charge in [0, 0.05) is 54.9 Å². The van der Waals surface area contributed by atoms with Crippen molar-refractivity contribution in [2.75, 3.05) is 25.5 Å². The molecule has 0 radical (unpaired) electrons. The van der Waals surface area contributed by atoms with Crippen molar-refractivity contribution >= 4 is 22.5 Å². The molecule has 0 unspecified atom stereocenters. The highest BCUT2D eigenvalue weighted by atomic mass is 16.3. The number of rotatable bonds is 6. The van der Waals surface area contributed by atoms with Crippen molar-refractivity contribution in [1.82, 2.24) is 10.3 Å². The van der Waals surface area contributed by atoms with E-state index in [0.29, 0.717) is 12.3 Å². The van der Waals surface area contributed by atoms with Gasteiger partial charge in [-0.25, -0.2) is 0 Å². The van der Waals surface area contributed by atoms with E-state index in [0.717, 1.165) is 33.3 Å². The third kappa shape index (κ3) is 3.76. The van der Waals surface area contributed by atoms with E-state index in [1.54, 1.807) is 12.3 Å². The number of para-hydroxylation sites is 1. The number of benzene rings is 2. The van der Waals surface area contributed by atoms with Crippen LogP contribution >= 0.6 is 0 Å². The molecule has 5 nitrogen and oxygen atoms in total. The minimum Gasteiger partial charge on any atom is -0.459 e. The molecule has 0 aliphatic carbocycles. The predicted octanol–water partition coefficient (Wildman–Crippen LogP) is 4.70. The van der Waals surface area contributed by atoms with Gasteiger partial charge in [0.15, 0.2) is 5.76 Å². The molecule has 0 bridgehead atoms. The van der Waals surface area contributed by atoms with Crippen LogP contribution in [0.5, 0.6) is 0 Å².